The fourth-order valence-electron chi connectivity index (χ4n) is 0.607. The van der Waals surface area contributed by atoms with Crippen LogP contribution < -0.4 is 0 Å². The zero-order valence-electron chi connectivity index (χ0n) is 5.04. The maximum atomic E-state index is 5.07. The topological polar surface area (TPSA) is 12.9 Å². The first-order valence-electron chi connectivity index (χ1n) is 2.77. The zero-order valence-corrected chi connectivity index (χ0v) is 5.04. The van der Waals surface area contributed by atoms with E-state index < -0.39 is 0 Å². The molecule has 1 rings (SSSR count). The summed E-state index contributed by atoms with van der Waals surface area (Å²) in [5.41, 5.74) is 0.958. The molecule has 9 heavy (non-hydrogen) atoms. The predicted octanol–water partition coefficient (Wildman–Crippen LogP) is 0.595. The number of hydrogen-bond acceptors (Lipinski definition) is 1. The second-order valence-electron chi connectivity index (χ2n) is 1.70. The van der Waals surface area contributed by atoms with Crippen LogP contribution in [0.5, 0.6) is 0 Å². The molecule has 0 aliphatic heterocycles. The van der Waals surface area contributed by atoms with E-state index in [0.717, 1.165) is 5.69 Å². The van der Waals surface area contributed by atoms with Crippen LogP contribution in [0, 0.1) is 12.3 Å². The van der Waals surface area contributed by atoms with Crippen LogP contribution >= 0.6 is 0 Å². The minimum absolute atomic E-state index is 0.626. The molecule has 0 amide bonds. The van der Waals surface area contributed by atoms with E-state index in [1.54, 1.807) is 7.05 Å². The fraction of sp³-hybridized carbons (Fsp3) is 0.143. The summed E-state index contributed by atoms with van der Waals surface area (Å²) in [6.07, 6.45) is 5.70. The molecule has 1 aromatic rings. The number of aromatic nitrogens is 1. The summed E-state index contributed by atoms with van der Waals surface area (Å²) in [6, 6.07) is 3.85. The van der Waals surface area contributed by atoms with Crippen LogP contribution in [0.3, 0.4) is 0 Å². The molecule has 0 aliphatic carbocycles. The molecule has 0 atom stereocenters. The number of terminal acetylenes is 1. The van der Waals surface area contributed by atoms with Gasteiger partial charge < -0.3 is 0 Å². The van der Waals surface area contributed by atoms with E-state index >= 15 is 0 Å². The Kier molecular flexibility index (Phi) is 2.03. The first-order chi connectivity index (χ1) is 4.43. The molecular weight excluding hydrogens is 109 g/mol. The van der Waals surface area contributed by atoms with Gasteiger partial charge in [-0.05, 0) is 0 Å². The van der Waals surface area contributed by atoms with Crippen molar-refractivity contribution in [1.29, 1.82) is 0 Å². The molecular formula is C7H6BN. The molecule has 0 N–H and O–H groups in total. The molecule has 1 aromatic heterocycles. The van der Waals surface area contributed by atoms with Crippen molar-refractivity contribution in [3.05, 3.63) is 23.8 Å². The fourth-order valence-corrected chi connectivity index (χ4v) is 0.607. The van der Waals surface area contributed by atoms with Crippen LogP contribution in [0.4, 0.5) is 0 Å². The molecule has 1 heterocycles. The van der Waals surface area contributed by atoms with Crippen molar-refractivity contribution in [3.8, 4) is 12.3 Å². The monoisotopic (exact) mass is 115 g/mol. The van der Waals surface area contributed by atoms with Crippen LogP contribution in [0.2, 0.25) is 0 Å². The zero-order chi connectivity index (χ0) is 6.53. The van der Waals surface area contributed by atoms with Gasteiger partial charge in [0.15, 0.2) is 0 Å². The molecule has 0 saturated carbocycles. The molecule has 0 radical (unpaired) electrons. The van der Waals surface area contributed by atoms with E-state index in [9.17, 15) is 0 Å². The van der Waals surface area contributed by atoms with Crippen LogP contribution in [0.1, 0.15) is 5.69 Å². The molecule has 0 spiro atoms. The summed E-state index contributed by atoms with van der Waals surface area (Å²) in [6.45, 7) is 0. The number of hydrogen-bond donors (Lipinski definition) is 0. The summed E-state index contributed by atoms with van der Waals surface area (Å²) in [5.74, 6) is 4.40. The Morgan fingerprint density at radius 3 is 3.22 bits per heavy atom. The molecule has 1 nitrogen and oxygen atoms in total. The first-order valence-corrected chi connectivity index (χ1v) is 2.77. The SMILES string of the molecule is C#CCc1cccbn1. The normalized spacial score (nSPS) is 7.89. The van der Waals surface area contributed by atoms with Crippen molar-refractivity contribution in [2.75, 3.05) is 0 Å². The van der Waals surface area contributed by atoms with Gasteiger partial charge in [-0.25, -0.2) is 0 Å². The number of nitrogens with zero attached hydrogens (tertiary/aromatic N) is 1. The molecule has 0 unspecified atom stereocenters. The Hall–Kier alpha value is -1.10. The van der Waals surface area contributed by atoms with Crippen molar-refractivity contribution in [3.63, 3.8) is 0 Å². The summed E-state index contributed by atoms with van der Waals surface area (Å²) in [4.78, 5) is 4.03. The van der Waals surface area contributed by atoms with Crippen LogP contribution in [0.15, 0.2) is 18.1 Å². The summed E-state index contributed by atoms with van der Waals surface area (Å²) >= 11 is 0. The third kappa shape index (κ3) is 1.69. The van der Waals surface area contributed by atoms with E-state index in [1.807, 2.05) is 18.1 Å². The minimum atomic E-state index is 0.626. The Morgan fingerprint density at radius 2 is 2.67 bits per heavy atom. The van der Waals surface area contributed by atoms with Gasteiger partial charge >= 0.3 is 54.5 Å². The Balaban J connectivity index is 2.76. The summed E-state index contributed by atoms with van der Waals surface area (Å²) < 4.78 is 0. The third-order valence-electron chi connectivity index (χ3n) is 1.01. The van der Waals surface area contributed by atoms with Crippen molar-refractivity contribution >= 4 is 7.05 Å². The summed E-state index contributed by atoms with van der Waals surface area (Å²) in [7, 11) is 1.74. The van der Waals surface area contributed by atoms with Gasteiger partial charge in [-0.2, -0.15) is 0 Å². The Labute approximate surface area is 55.4 Å². The van der Waals surface area contributed by atoms with Gasteiger partial charge in [0.1, 0.15) is 0 Å². The van der Waals surface area contributed by atoms with E-state index in [0.29, 0.717) is 6.42 Å². The van der Waals surface area contributed by atoms with Crippen LogP contribution in [-0.4, -0.2) is 11.9 Å². The average molecular weight is 115 g/mol. The maximum absolute atomic E-state index is 5.07. The van der Waals surface area contributed by atoms with E-state index in [1.165, 1.54) is 0 Å². The predicted molar refractivity (Wildman–Crippen MR) is 38.1 cm³/mol. The van der Waals surface area contributed by atoms with Crippen LogP contribution in [0.25, 0.3) is 0 Å². The molecule has 0 bridgehead atoms. The molecule has 2 heteroatoms. The van der Waals surface area contributed by atoms with Crippen LogP contribution in [-0.2, 0) is 6.42 Å². The second-order valence-corrected chi connectivity index (χ2v) is 1.70. The van der Waals surface area contributed by atoms with Gasteiger partial charge in [0.2, 0.25) is 0 Å². The second kappa shape index (κ2) is 3.04. The molecule has 0 aromatic carbocycles. The third-order valence-corrected chi connectivity index (χ3v) is 1.01. The van der Waals surface area contributed by atoms with Gasteiger partial charge in [-0.3, -0.25) is 0 Å². The standard InChI is InChI=1S/C7H6BN/c1-2-4-7-5-3-6-8-9-7/h1,3,5-6H,4H2. The number of rotatable bonds is 1. The van der Waals surface area contributed by atoms with Gasteiger partial charge in [0.25, 0.3) is 0 Å². The molecule has 0 fully saturated rings. The summed E-state index contributed by atoms with van der Waals surface area (Å²) in [5, 5.41) is 0. The van der Waals surface area contributed by atoms with Crippen molar-refractivity contribution in [2.24, 2.45) is 0 Å². The van der Waals surface area contributed by atoms with Crippen molar-refractivity contribution in [2.45, 2.75) is 6.42 Å². The van der Waals surface area contributed by atoms with E-state index in [-0.39, 0.29) is 0 Å². The van der Waals surface area contributed by atoms with Crippen molar-refractivity contribution < 1.29 is 0 Å². The Morgan fingerprint density at radius 1 is 1.78 bits per heavy atom. The molecule has 0 aliphatic rings. The van der Waals surface area contributed by atoms with Crippen molar-refractivity contribution in [1.82, 2.24) is 4.89 Å². The van der Waals surface area contributed by atoms with Gasteiger partial charge in [0, 0.05) is 0 Å². The van der Waals surface area contributed by atoms with E-state index in [2.05, 4.69) is 10.8 Å². The van der Waals surface area contributed by atoms with Gasteiger partial charge in [-0.1, -0.05) is 0 Å². The van der Waals surface area contributed by atoms with E-state index in [4.69, 9.17) is 6.42 Å². The molecule has 0 saturated heterocycles. The molecule has 42 valence electrons. The Bertz CT molecular complexity index is 212. The average Bonchev–Trinajstić information content (AvgIpc) is 1.91. The van der Waals surface area contributed by atoms with Gasteiger partial charge in [-0.15, -0.1) is 0 Å². The van der Waals surface area contributed by atoms with Gasteiger partial charge in [0.05, 0.1) is 0 Å². The first kappa shape index (κ1) is 6.03. The quantitative estimate of drug-likeness (QED) is 0.488.